The zero-order valence-electron chi connectivity index (χ0n) is 13.5. The Hall–Kier alpha value is -2.60. The topological polar surface area (TPSA) is 62.5 Å². The minimum Gasteiger partial charge on any atom is -0.357 e. The molecule has 0 spiro atoms. The molecular formula is C18H20N4OS. The first-order valence-electron chi connectivity index (χ1n) is 7.90. The van der Waals surface area contributed by atoms with Gasteiger partial charge < -0.3 is 15.2 Å². The molecule has 2 N–H and O–H groups in total. The average molecular weight is 340 g/mol. The van der Waals surface area contributed by atoms with Crippen molar-refractivity contribution in [3.63, 3.8) is 0 Å². The van der Waals surface area contributed by atoms with E-state index in [2.05, 4.69) is 32.2 Å². The van der Waals surface area contributed by atoms with Crippen LogP contribution in [0, 0.1) is 0 Å². The summed E-state index contributed by atoms with van der Waals surface area (Å²) in [6.07, 6.45) is 0. The van der Waals surface area contributed by atoms with Gasteiger partial charge in [-0.3, -0.25) is 0 Å². The van der Waals surface area contributed by atoms with Crippen LogP contribution in [0.3, 0.4) is 0 Å². The summed E-state index contributed by atoms with van der Waals surface area (Å²) in [5, 5.41) is 12.7. The van der Waals surface area contributed by atoms with E-state index in [1.165, 1.54) is 4.88 Å². The van der Waals surface area contributed by atoms with E-state index in [0.29, 0.717) is 6.54 Å². The molecule has 24 heavy (non-hydrogen) atoms. The van der Waals surface area contributed by atoms with Gasteiger partial charge in [0.1, 0.15) is 5.69 Å². The van der Waals surface area contributed by atoms with Crippen molar-refractivity contribution >= 4 is 17.3 Å². The summed E-state index contributed by atoms with van der Waals surface area (Å²) in [7, 11) is 0. The maximum absolute atomic E-state index is 5.40. The summed E-state index contributed by atoms with van der Waals surface area (Å²) in [6, 6.07) is 16.0. The molecule has 5 nitrogen and oxygen atoms in total. The van der Waals surface area contributed by atoms with Crippen molar-refractivity contribution in [2.75, 3.05) is 6.54 Å². The number of guanidine groups is 1. The first-order chi connectivity index (χ1) is 11.8. The third kappa shape index (κ3) is 4.45. The summed E-state index contributed by atoms with van der Waals surface area (Å²) >= 11 is 1.73. The highest BCUT2D eigenvalue weighted by molar-refractivity contribution is 7.09. The molecule has 1 aromatic carbocycles. The molecule has 0 unspecified atom stereocenters. The lowest BCUT2D eigenvalue weighted by Gasteiger charge is -2.09. The van der Waals surface area contributed by atoms with E-state index >= 15 is 0 Å². The number of benzene rings is 1. The molecule has 0 radical (unpaired) electrons. The predicted molar refractivity (Wildman–Crippen MR) is 97.9 cm³/mol. The van der Waals surface area contributed by atoms with Crippen LogP contribution in [0.25, 0.3) is 11.3 Å². The number of nitrogens with one attached hydrogen (secondary N) is 2. The molecule has 2 aromatic heterocycles. The Labute approximate surface area is 145 Å². The van der Waals surface area contributed by atoms with E-state index in [1.807, 2.05) is 49.4 Å². The Balaban J connectivity index is 1.62. The summed E-state index contributed by atoms with van der Waals surface area (Å²) in [6.45, 7) is 4.09. The number of aliphatic imine (C=N–C) groups is 1. The van der Waals surface area contributed by atoms with Crippen molar-refractivity contribution in [3.05, 3.63) is 64.5 Å². The second kappa shape index (κ2) is 8.31. The molecule has 124 valence electrons. The van der Waals surface area contributed by atoms with Gasteiger partial charge in [0.25, 0.3) is 0 Å². The zero-order valence-corrected chi connectivity index (χ0v) is 14.3. The van der Waals surface area contributed by atoms with Gasteiger partial charge in [-0.05, 0) is 18.4 Å². The quantitative estimate of drug-likeness (QED) is 0.531. The normalized spacial score (nSPS) is 11.5. The number of thiophene rings is 1. The molecule has 0 amide bonds. The molecule has 2 heterocycles. The van der Waals surface area contributed by atoms with E-state index in [9.17, 15) is 0 Å². The summed E-state index contributed by atoms with van der Waals surface area (Å²) in [5.74, 6) is 1.53. The van der Waals surface area contributed by atoms with Crippen molar-refractivity contribution in [1.82, 2.24) is 15.8 Å². The van der Waals surface area contributed by atoms with Crippen LogP contribution in [0.5, 0.6) is 0 Å². The molecule has 0 bridgehead atoms. The molecule has 3 aromatic rings. The lowest BCUT2D eigenvalue weighted by molar-refractivity contribution is 0.424. The largest absolute Gasteiger partial charge is 0.357 e. The fourth-order valence-corrected chi connectivity index (χ4v) is 2.86. The van der Waals surface area contributed by atoms with Gasteiger partial charge in [0, 0.05) is 23.1 Å². The first-order valence-corrected chi connectivity index (χ1v) is 8.78. The number of aromatic nitrogens is 1. The molecule has 6 heteroatoms. The number of nitrogens with zero attached hydrogens (tertiary/aromatic N) is 2. The lowest BCUT2D eigenvalue weighted by atomic mass is 10.2. The number of rotatable bonds is 6. The molecule has 0 aliphatic carbocycles. The van der Waals surface area contributed by atoms with Crippen LogP contribution in [0.2, 0.25) is 0 Å². The summed E-state index contributed by atoms with van der Waals surface area (Å²) < 4.78 is 5.40. The Bertz CT molecular complexity index is 765. The van der Waals surface area contributed by atoms with Crippen LogP contribution < -0.4 is 10.6 Å². The molecule has 0 atom stereocenters. The van der Waals surface area contributed by atoms with E-state index < -0.39 is 0 Å². The van der Waals surface area contributed by atoms with E-state index in [4.69, 9.17) is 4.52 Å². The van der Waals surface area contributed by atoms with Gasteiger partial charge in [0.05, 0.1) is 13.1 Å². The Kier molecular flexibility index (Phi) is 5.63. The maximum Gasteiger partial charge on any atom is 0.191 e. The fraction of sp³-hybridized carbons (Fsp3) is 0.222. The maximum atomic E-state index is 5.40. The molecule has 0 fully saturated rings. The lowest BCUT2D eigenvalue weighted by Crippen LogP contribution is -2.36. The van der Waals surface area contributed by atoms with Crippen LogP contribution in [-0.2, 0) is 13.1 Å². The molecular weight excluding hydrogens is 320 g/mol. The zero-order chi connectivity index (χ0) is 16.6. The third-order valence-corrected chi connectivity index (χ3v) is 4.25. The third-order valence-electron chi connectivity index (χ3n) is 3.37. The average Bonchev–Trinajstić information content (AvgIpc) is 3.30. The Morgan fingerprint density at radius 1 is 1.17 bits per heavy atom. The minimum atomic E-state index is 0.468. The molecule has 0 aliphatic rings. The van der Waals surface area contributed by atoms with E-state index in [1.54, 1.807) is 11.3 Å². The van der Waals surface area contributed by atoms with Gasteiger partial charge in [-0.25, -0.2) is 4.99 Å². The molecule has 3 rings (SSSR count). The van der Waals surface area contributed by atoms with E-state index in [0.717, 1.165) is 36.1 Å². The molecule has 0 saturated carbocycles. The Morgan fingerprint density at radius 2 is 2.04 bits per heavy atom. The van der Waals surface area contributed by atoms with Gasteiger partial charge in [0.15, 0.2) is 11.7 Å². The van der Waals surface area contributed by atoms with Gasteiger partial charge in [0.2, 0.25) is 0 Å². The predicted octanol–water partition coefficient (Wildman–Crippen LogP) is 3.66. The molecule has 0 aliphatic heterocycles. The highest BCUT2D eigenvalue weighted by Gasteiger charge is 2.06. The number of hydrogen-bond donors (Lipinski definition) is 2. The van der Waals surface area contributed by atoms with Gasteiger partial charge >= 0.3 is 0 Å². The minimum absolute atomic E-state index is 0.468. The smallest absolute Gasteiger partial charge is 0.191 e. The highest BCUT2D eigenvalue weighted by Crippen LogP contribution is 2.19. The monoisotopic (exact) mass is 340 g/mol. The Morgan fingerprint density at radius 3 is 2.79 bits per heavy atom. The molecule has 0 saturated heterocycles. The standard InChI is InChI=1S/C18H20N4OS/c1-2-19-18(21-13-16-9-6-10-24-16)20-12-15-11-17(23-22-15)14-7-4-3-5-8-14/h3-11H,2,12-13H2,1H3,(H2,19,20,21). The van der Waals surface area contributed by atoms with Gasteiger partial charge in [-0.2, -0.15) is 0 Å². The van der Waals surface area contributed by atoms with Crippen LogP contribution in [0.1, 0.15) is 17.5 Å². The van der Waals surface area contributed by atoms with Gasteiger partial charge in [-0.15, -0.1) is 11.3 Å². The second-order valence-electron chi connectivity index (χ2n) is 5.18. The van der Waals surface area contributed by atoms with Crippen molar-refractivity contribution in [2.45, 2.75) is 20.0 Å². The first kappa shape index (κ1) is 16.3. The second-order valence-corrected chi connectivity index (χ2v) is 6.21. The van der Waals surface area contributed by atoms with Crippen molar-refractivity contribution in [2.24, 2.45) is 4.99 Å². The SMILES string of the molecule is CCNC(=NCc1cc(-c2ccccc2)on1)NCc1cccs1. The van der Waals surface area contributed by atoms with Crippen molar-refractivity contribution in [3.8, 4) is 11.3 Å². The highest BCUT2D eigenvalue weighted by atomic mass is 32.1. The number of hydrogen-bond acceptors (Lipinski definition) is 4. The van der Waals surface area contributed by atoms with Crippen LogP contribution in [0.4, 0.5) is 0 Å². The van der Waals surface area contributed by atoms with Gasteiger partial charge in [-0.1, -0.05) is 41.6 Å². The van der Waals surface area contributed by atoms with Crippen molar-refractivity contribution in [1.29, 1.82) is 0 Å². The summed E-state index contributed by atoms with van der Waals surface area (Å²) in [4.78, 5) is 5.84. The van der Waals surface area contributed by atoms with Crippen LogP contribution >= 0.6 is 11.3 Å². The summed E-state index contributed by atoms with van der Waals surface area (Å²) in [5.41, 5.74) is 1.82. The van der Waals surface area contributed by atoms with Crippen LogP contribution in [-0.4, -0.2) is 17.7 Å². The van der Waals surface area contributed by atoms with Crippen molar-refractivity contribution < 1.29 is 4.52 Å². The fourth-order valence-electron chi connectivity index (χ4n) is 2.21. The van der Waals surface area contributed by atoms with E-state index in [-0.39, 0.29) is 0 Å². The van der Waals surface area contributed by atoms with Crippen LogP contribution in [0.15, 0.2) is 63.4 Å².